The lowest BCUT2D eigenvalue weighted by atomic mass is 10.2. The minimum atomic E-state index is -0.236. The molecule has 0 spiro atoms. The summed E-state index contributed by atoms with van der Waals surface area (Å²) in [7, 11) is 0. The van der Waals surface area contributed by atoms with Crippen LogP contribution >= 0.6 is 12.2 Å². The van der Waals surface area contributed by atoms with Gasteiger partial charge in [-0.1, -0.05) is 18.2 Å². The number of nitrogens with one attached hydrogen (secondary N) is 2. The number of hydrogen-bond acceptors (Lipinski definition) is 3. The molecular formula is C18H19FN4OS. The van der Waals surface area contributed by atoms with Crippen LogP contribution in [0.5, 0.6) is 0 Å². The molecule has 0 amide bonds. The average molecular weight is 358 g/mol. The van der Waals surface area contributed by atoms with Gasteiger partial charge in [0, 0.05) is 5.56 Å². The summed E-state index contributed by atoms with van der Waals surface area (Å²) in [6.45, 7) is 4.69. The second-order valence-electron chi connectivity index (χ2n) is 5.68. The lowest BCUT2D eigenvalue weighted by molar-refractivity contribution is 0.503. The maximum Gasteiger partial charge on any atom is 0.171 e. The molecule has 2 aromatic heterocycles. The zero-order chi connectivity index (χ0) is 17.8. The van der Waals surface area contributed by atoms with Crippen LogP contribution in [0.3, 0.4) is 0 Å². The van der Waals surface area contributed by atoms with Crippen LogP contribution in [-0.2, 0) is 13.1 Å². The minimum absolute atomic E-state index is 0.236. The van der Waals surface area contributed by atoms with Gasteiger partial charge in [-0.15, -0.1) is 0 Å². The van der Waals surface area contributed by atoms with Gasteiger partial charge in [0.2, 0.25) is 0 Å². The normalized spacial score (nSPS) is 10.7. The van der Waals surface area contributed by atoms with E-state index in [1.807, 2.05) is 32.0 Å². The van der Waals surface area contributed by atoms with Crippen LogP contribution in [0.25, 0.3) is 0 Å². The monoisotopic (exact) mass is 358 g/mol. The van der Waals surface area contributed by atoms with Gasteiger partial charge in [-0.25, -0.2) is 4.39 Å². The Morgan fingerprint density at radius 3 is 2.76 bits per heavy atom. The predicted molar refractivity (Wildman–Crippen MR) is 99.0 cm³/mol. The van der Waals surface area contributed by atoms with E-state index in [1.54, 1.807) is 23.1 Å². The Morgan fingerprint density at radius 2 is 2.04 bits per heavy atom. The molecule has 0 aliphatic heterocycles. The van der Waals surface area contributed by atoms with Gasteiger partial charge in [0.25, 0.3) is 0 Å². The smallest absolute Gasteiger partial charge is 0.171 e. The van der Waals surface area contributed by atoms with Crippen LogP contribution < -0.4 is 10.6 Å². The third kappa shape index (κ3) is 4.06. The SMILES string of the molecule is Cc1nn(Cc2ccccc2F)c(C)c1NC(=S)NCc1ccco1. The van der Waals surface area contributed by atoms with E-state index in [-0.39, 0.29) is 5.82 Å². The molecule has 3 aromatic rings. The quantitative estimate of drug-likeness (QED) is 0.680. The van der Waals surface area contributed by atoms with Crippen LogP contribution in [0.4, 0.5) is 10.1 Å². The second kappa shape index (κ2) is 7.48. The van der Waals surface area contributed by atoms with Gasteiger partial charge in [0.15, 0.2) is 5.11 Å². The van der Waals surface area contributed by atoms with Crippen LogP contribution in [0.15, 0.2) is 47.1 Å². The highest BCUT2D eigenvalue weighted by atomic mass is 32.1. The Bertz CT molecular complexity index is 873. The average Bonchev–Trinajstić information content (AvgIpc) is 3.19. The Balaban J connectivity index is 1.69. The highest BCUT2D eigenvalue weighted by Crippen LogP contribution is 2.21. The highest BCUT2D eigenvalue weighted by molar-refractivity contribution is 7.80. The number of aromatic nitrogens is 2. The lowest BCUT2D eigenvalue weighted by Crippen LogP contribution is -2.28. The molecule has 0 fully saturated rings. The Kier molecular flexibility index (Phi) is 5.14. The molecule has 2 heterocycles. The van der Waals surface area contributed by atoms with E-state index >= 15 is 0 Å². The number of aryl methyl sites for hydroxylation is 1. The van der Waals surface area contributed by atoms with Crippen LogP contribution in [-0.4, -0.2) is 14.9 Å². The fourth-order valence-corrected chi connectivity index (χ4v) is 2.73. The number of thiocarbonyl (C=S) groups is 1. The Labute approximate surface area is 150 Å². The van der Waals surface area contributed by atoms with E-state index in [9.17, 15) is 4.39 Å². The first kappa shape index (κ1) is 17.2. The fourth-order valence-electron chi connectivity index (χ4n) is 2.56. The van der Waals surface area contributed by atoms with Gasteiger partial charge in [0.1, 0.15) is 11.6 Å². The maximum atomic E-state index is 13.9. The van der Waals surface area contributed by atoms with E-state index < -0.39 is 0 Å². The zero-order valence-corrected chi connectivity index (χ0v) is 14.9. The first-order valence-electron chi connectivity index (χ1n) is 7.89. The fraction of sp³-hybridized carbons (Fsp3) is 0.222. The van der Waals surface area contributed by atoms with Crippen molar-refractivity contribution in [3.05, 3.63) is 71.2 Å². The first-order valence-corrected chi connectivity index (χ1v) is 8.30. The highest BCUT2D eigenvalue weighted by Gasteiger charge is 2.14. The predicted octanol–water partition coefficient (Wildman–Crippen LogP) is 3.77. The molecule has 0 radical (unpaired) electrons. The molecule has 0 saturated heterocycles. The van der Waals surface area contributed by atoms with Crippen molar-refractivity contribution in [1.29, 1.82) is 0 Å². The molecule has 0 aliphatic rings. The molecule has 7 heteroatoms. The lowest BCUT2D eigenvalue weighted by Gasteiger charge is -2.10. The van der Waals surface area contributed by atoms with Crippen molar-refractivity contribution in [2.45, 2.75) is 26.9 Å². The number of furan rings is 1. The number of hydrogen-bond donors (Lipinski definition) is 2. The Morgan fingerprint density at radius 1 is 1.24 bits per heavy atom. The molecule has 2 N–H and O–H groups in total. The number of anilines is 1. The topological polar surface area (TPSA) is 55.0 Å². The summed E-state index contributed by atoms with van der Waals surface area (Å²) in [6, 6.07) is 10.4. The van der Waals surface area contributed by atoms with E-state index in [1.165, 1.54) is 6.07 Å². The van der Waals surface area contributed by atoms with Crippen LogP contribution in [0.1, 0.15) is 22.7 Å². The number of rotatable bonds is 5. The Hall–Kier alpha value is -2.67. The van der Waals surface area contributed by atoms with Crippen LogP contribution in [0.2, 0.25) is 0 Å². The maximum absolute atomic E-state index is 13.9. The van der Waals surface area contributed by atoms with Crippen molar-refractivity contribution in [2.75, 3.05) is 5.32 Å². The summed E-state index contributed by atoms with van der Waals surface area (Å²) in [4.78, 5) is 0. The molecule has 0 saturated carbocycles. The molecule has 0 unspecified atom stereocenters. The molecule has 0 aliphatic carbocycles. The van der Waals surface area contributed by atoms with Gasteiger partial charge in [0.05, 0.1) is 36.4 Å². The van der Waals surface area contributed by atoms with Crippen molar-refractivity contribution in [1.82, 2.24) is 15.1 Å². The third-order valence-corrected chi connectivity index (χ3v) is 4.15. The zero-order valence-electron chi connectivity index (χ0n) is 14.0. The molecule has 0 atom stereocenters. The first-order chi connectivity index (χ1) is 12.0. The van der Waals surface area contributed by atoms with Gasteiger partial charge >= 0.3 is 0 Å². The van der Waals surface area contributed by atoms with Gasteiger partial charge in [-0.2, -0.15) is 5.10 Å². The molecule has 5 nitrogen and oxygen atoms in total. The van der Waals surface area contributed by atoms with Gasteiger partial charge in [-0.3, -0.25) is 4.68 Å². The molecule has 0 bridgehead atoms. The summed E-state index contributed by atoms with van der Waals surface area (Å²) < 4.78 is 20.9. The number of benzene rings is 1. The van der Waals surface area contributed by atoms with Crippen molar-refractivity contribution in [2.24, 2.45) is 0 Å². The third-order valence-electron chi connectivity index (χ3n) is 3.90. The van der Waals surface area contributed by atoms with Crippen molar-refractivity contribution < 1.29 is 8.81 Å². The second-order valence-corrected chi connectivity index (χ2v) is 6.09. The number of nitrogens with zero attached hydrogens (tertiary/aromatic N) is 2. The largest absolute Gasteiger partial charge is 0.467 e. The molecule has 3 rings (SSSR count). The molecule has 25 heavy (non-hydrogen) atoms. The molecular weight excluding hydrogens is 339 g/mol. The van der Waals surface area contributed by atoms with Crippen molar-refractivity contribution >= 4 is 23.0 Å². The van der Waals surface area contributed by atoms with Gasteiger partial charge in [-0.05, 0) is 44.3 Å². The van der Waals surface area contributed by atoms with Crippen LogP contribution in [0, 0.1) is 19.7 Å². The molecule has 130 valence electrons. The van der Waals surface area contributed by atoms with Crippen molar-refractivity contribution in [3.63, 3.8) is 0 Å². The summed E-state index contributed by atoms with van der Waals surface area (Å²) >= 11 is 5.33. The summed E-state index contributed by atoms with van der Waals surface area (Å²) in [6.07, 6.45) is 1.62. The minimum Gasteiger partial charge on any atom is -0.467 e. The summed E-state index contributed by atoms with van der Waals surface area (Å²) in [5.74, 6) is 0.563. The standard InChI is InChI=1S/C18H19FN4OS/c1-12-17(21-18(25)20-10-15-7-5-9-24-15)13(2)23(22-12)11-14-6-3-4-8-16(14)19/h3-9H,10-11H2,1-2H3,(H2,20,21,25). The van der Waals surface area contributed by atoms with E-state index in [2.05, 4.69) is 15.7 Å². The summed E-state index contributed by atoms with van der Waals surface area (Å²) in [5.41, 5.74) is 3.12. The van der Waals surface area contributed by atoms with Gasteiger partial charge < -0.3 is 15.1 Å². The number of halogens is 1. The van der Waals surface area contributed by atoms with E-state index in [0.717, 1.165) is 22.8 Å². The summed E-state index contributed by atoms with van der Waals surface area (Å²) in [5, 5.41) is 11.2. The van der Waals surface area contributed by atoms with E-state index in [0.29, 0.717) is 23.8 Å². The van der Waals surface area contributed by atoms with Crippen molar-refractivity contribution in [3.8, 4) is 0 Å². The molecule has 1 aromatic carbocycles. The van der Waals surface area contributed by atoms with E-state index in [4.69, 9.17) is 16.6 Å².